The fourth-order valence-electron chi connectivity index (χ4n) is 4.20. The molecule has 0 amide bonds. The van der Waals surface area contributed by atoms with Crippen LogP contribution in [0.4, 0.5) is 23.2 Å². The SMILES string of the molecule is CSc1cc2c(cc1OC[C@@H](C)C(=O)O)S(=O)(=O)N(C)[C@H](CCC(C)(F)F)CN2C1CC(F)(F)C1. The number of halogens is 4. The number of ether oxygens (including phenoxy) is 1. The lowest BCUT2D eigenvalue weighted by Gasteiger charge is -2.44. The highest BCUT2D eigenvalue weighted by molar-refractivity contribution is 7.98. The quantitative estimate of drug-likeness (QED) is 0.362. The number of alkyl halides is 4. The van der Waals surface area contributed by atoms with Crippen LogP contribution in [0.3, 0.4) is 0 Å². The molecule has 0 unspecified atom stereocenters. The number of fused-ring (bicyclic) bond motifs is 1. The Labute approximate surface area is 206 Å². The van der Waals surface area contributed by atoms with Crippen LogP contribution in [0.25, 0.3) is 0 Å². The Morgan fingerprint density at radius 2 is 1.97 bits per heavy atom. The van der Waals surface area contributed by atoms with Crippen LogP contribution in [0.1, 0.15) is 39.5 Å². The number of likely N-dealkylation sites (N-methyl/N-ethyl adjacent to an activating group) is 1. The normalized spacial score (nSPS) is 23.2. The van der Waals surface area contributed by atoms with Crippen molar-refractivity contribution in [1.82, 2.24) is 4.31 Å². The van der Waals surface area contributed by atoms with Crippen LogP contribution in [-0.4, -0.2) is 74.2 Å². The highest BCUT2D eigenvalue weighted by Gasteiger charge is 2.50. The average molecular weight is 543 g/mol. The van der Waals surface area contributed by atoms with Gasteiger partial charge in [-0.3, -0.25) is 4.79 Å². The summed E-state index contributed by atoms with van der Waals surface area (Å²) < 4.78 is 88.6. The lowest BCUT2D eigenvalue weighted by atomic mass is 9.86. The molecule has 0 bridgehead atoms. The van der Waals surface area contributed by atoms with E-state index in [-0.39, 0.29) is 35.9 Å². The van der Waals surface area contributed by atoms with Gasteiger partial charge in [-0.25, -0.2) is 26.0 Å². The zero-order valence-corrected chi connectivity index (χ0v) is 21.6. The molecular formula is C22H30F4N2O5S2. The smallest absolute Gasteiger partial charge is 0.309 e. The highest BCUT2D eigenvalue weighted by atomic mass is 32.2. The van der Waals surface area contributed by atoms with Gasteiger partial charge in [0.2, 0.25) is 15.9 Å². The first-order valence-corrected chi connectivity index (χ1v) is 13.8. The van der Waals surface area contributed by atoms with E-state index in [9.17, 15) is 30.8 Å². The second-order valence-electron chi connectivity index (χ2n) is 9.38. The van der Waals surface area contributed by atoms with Crippen molar-refractivity contribution in [3.63, 3.8) is 0 Å². The summed E-state index contributed by atoms with van der Waals surface area (Å²) in [4.78, 5) is 13.1. The van der Waals surface area contributed by atoms with Crippen molar-refractivity contribution in [2.45, 2.75) is 73.3 Å². The van der Waals surface area contributed by atoms with Crippen LogP contribution in [0.15, 0.2) is 21.9 Å². The molecule has 2 atom stereocenters. The van der Waals surface area contributed by atoms with E-state index in [4.69, 9.17) is 9.84 Å². The van der Waals surface area contributed by atoms with Gasteiger partial charge in [-0.1, -0.05) is 0 Å². The van der Waals surface area contributed by atoms with Gasteiger partial charge in [-0.2, -0.15) is 4.31 Å². The summed E-state index contributed by atoms with van der Waals surface area (Å²) in [5.41, 5.74) is 0.214. The number of benzene rings is 1. The lowest BCUT2D eigenvalue weighted by Crippen LogP contribution is -2.54. The van der Waals surface area contributed by atoms with Crippen molar-refractivity contribution in [2.75, 3.05) is 31.4 Å². The van der Waals surface area contributed by atoms with Gasteiger partial charge in [0.25, 0.3) is 5.92 Å². The summed E-state index contributed by atoms with van der Waals surface area (Å²) in [6.45, 7) is 1.99. The summed E-state index contributed by atoms with van der Waals surface area (Å²) in [7, 11) is -2.90. The van der Waals surface area contributed by atoms with Crippen molar-refractivity contribution in [3.8, 4) is 5.75 Å². The zero-order valence-electron chi connectivity index (χ0n) is 19.9. The second kappa shape index (κ2) is 9.97. The molecule has 0 radical (unpaired) electrons. The van der Waals surface area contributed by atoms with Crippen LogP contribution < -0.4 is 9.64 Å². The van der Waals surface area contributed by atoms with Crippen LogP contribution in [-0.2, 0) is 14.8 Å². The van der Waals surface area contributed by atoms with Crippen LogP contribution in [0.2, 0.25) is 0 Å². The van der Waals surface area contributed by atoms with Crippen LogP contribution >= 0.6 is 11.8 Å². The summed E-state index contributed by atoms with van der Waals surface area (Å²) in [6.07, 6.45) is 0.0912. The predicted octanol–water partition coefficient (Wildman–Crippen LogP) is 4.55. The van der Waals surface area contributed by atoms with Crippen molar-refractivity contribution < 1.29 is 40.6 Å². The first-order chi connectivity index (χ1) is 16.1. The van der Waals surface area contributed by atoms with Gasteiger partial charge in [0, 0.05) is 51.0 Å². The number of hydrogen-bond acceptors (Lipinski definition) is 6. The Morgan fingerprint density at radius 3 is 2.49 bits per heavy atom. The van der Waals surface area contributed by atoms with Gasteiger partial charge >= 0.3 is 5.97 Å². The molecule has 1 aliphatic carbocycles. The minimum atomic E-state index is -4.20. The largest absolute Gasteiger partial charge is 0.491 e. The van der Waals surface area contributed by atoms with Crippen molar-refractivity contribution in [2.24, 2.45) is 5.92 Å². The minimum absolute atomic E-state index is 0.0103. The number of carboxylic acids is 1. The molecule has 1 N–H and O–H groups in total. The van der Waals surface area contributed by atoms with E-state index in [1.165, 1.54) is 31.8 Å². The van der Waals surface area contributed by atoms with Crippen LogP contribution in [0.5, 0.6) is 5.75 Å². The third-order valence-corrected chi connectivity index (χ3v) is 9.17. The molecule has 1 aromatic rings. The number of hydrogen-bond donors (Lipinski definition) is 1. The molecule has 1 aliphatic heterocycles. The molecule has 0 aromatic heterocycles. The molecule has 35 heavy (non-hydrogen) atoms. The lowest BCUT2D eigenvalue weighted by molar-refractivity contribution is -0.142. The van der Waals surface area contributed by atoms with E-state index in [1.54, 1.807) is 17.2 Å². The van der Waals surface area contributed by atoms with Gasteiger partial charge < -0.3 is 14.7 Å². The predicted molar refractivity (Wildman–Crippen MR) is 124 cm³/mol. The third kappa shape index (κ3) is 6.16. The fraction of sp³-hybridized carbons (Fsp3) is 0.682. The molecule has 198 valence electrons. The molecule has 1 aromatic carbocycles. The van der Waals surface area contributed by atoms with Crippen molar-refractivity contribution >= 4 is 33.4 Å². The number of carboxylic acid groups (broad SMARTS) is 1. The summed E-state index contributed by atoms with van der Waals surface area (Å²) in [6, 6.07) is 1.31. The van der Waals surface area contributed by atoms with Gasteiger partial charge in [-0.15, -0.1) is 11.8 Å². The Hall–Kier alpha value is -1.73. The third-order valence-electron chi connectivity index (χ3n) is 6.47. The topological polar surface area (TPSA) is 87.1 Å². The zero-order chi connectivity index (χ0) is 26.3. The van der Waals surface area contributed by atoms with Gasteiger partial charge in [0.15, 0.2) is 0 Å². The minimum Gasteiger partial charge on any atom is -0.491 e. The number of aliphatic carboxylic acids is 1. The Bertz CT molecular complexity index is 1060. The van der Waals surface area contributed by atoms with Crippen molar-refractivity contribution in [3.05, 3.63) is 12.1 Å². The summed E-state index contributed by atoms with van der Waals surface area (Å²) in [5.74, 6) is -7.65. The maximum Gasteiger partial charge on any atom is 0.309 e. The number of thioether (sulfide) groups is 1. The molecule has 0 spiro atoms. The summed E-state index contributed by atoms with van der Waals surface area (Å²) >= 11 is 1.23. The molecule has 13 heteroatoms. The maximum absolute atomic E-state index is 13.8. The van der Waals surface area contributed by atoms with Crippen molar-refractivity contribution in [1.29, 1.82) is 0 Å². The molecule has 2 aliphatic rings. The van der Waals surface area contributed by atoms with Gasteiger partial charge in [0.05, 0.1) is 16.5 Å². The first kappa shape index (κ1) is 27.9. The molecule has 3 rings (SSSR count). The molecule has 0 saturated heterocycles. The van der Waals surface area contributed by atoms with E-state index in [0.29, 0.717) is 4.90 Å². The highest BCUT2D eigenvalue weighted by Crippen LogP contribution is 2.47. The Morgan fingerprint density at radius 1 is 1.34 bits per heavy atom. The number of nitrogens with zero attached hydrogens (tertiary/aromatic N) is 2. The monoisotopic (exact) mass is 542 g/mol. The van der Waals surface area contributed by atoms with E-state index < -0.39 is 65.1 Å². The number of carbonyl (C=O) groups is 1. The second-order valence-corrected chi connectivity index (χ2v) is 12.2. The molecule has 7 nitrogen and oxygen atoms in total. The number of sulfonamides is 1. The van der Waals surface area contributed by atoms with Crippen LogP contribution in [0, 0.1) is 5.92 Å². The number of anilines is 1. The maximum atomic E-state index is 13.8. The molecule has 1 saturated carbocycles. The standard InChI is InChI=1S/C22H30F4N2O5S2/c1-13(20(29)30)12-33-17-8-19-16(7-18(17)34-4)28(15-9-22(25,26)10-15)11-14(5-6-21(2,23)24)27(3)35(19,31)32/h7-8,13-15H,5-6,9-12H2,1-4H3,(H,29,30)/t13-,14-/m1/s1. The first-order valence-electron chi connectivity index (χ1n) is 11.1. The van der Waals surface area contributed by atoms with E-state index >= 15 is 0 Å². The fourth-order valence-corrected chi connectivity index (χ4v) is 6.32. The molecule has 1 fully saturated rings. The van der Waals surface area contributed by atoms with E-state index in [1.807, 2.05) is 0 Å². The van der Waals surface area contributed by atoms with E-state index in [0.717, 1.165) is 11.2 Å². The summed E-state index contributed by atoms with van der Waals surface area (Å²) in [5, 5.41) is 9.13. The Balaban J connectivity index is 2.07. The average Bonchev–Trinajstić information content (AvgIpc) is 2.81. The van der Waals surface area contributed by atoms with Gasteiger partial charge in [-0.05, 0) is 32.6 Å². The Kier molecular flexibility index (Phi) is 7.93. The van der Waals surface area contributed by atoms with Gasteiger partial charge in [0.1, 0.15) is 17.3 Å². The molecular weight excluding hydrogens is 512 g/mol. The number of rotatable bonds is 9. The molecule has 1 heterocycles. The van der Waals surface area contributed by atoms with E-state index in [2.05, 4.69) is 0 Å².